The number of rotatable bonds is 60. The minimum absolute atomic E-state index is 0.0745. The number of amides is 1. The van der Waals surface area contributed by atoms with Crippen LogP contribution in [0.5, 0.6) is 0 Å². The summed E-state index contributed by atoms with van der Waals surface area (Å²) in [5.74, 6) is -0.0745. The predicted molar refractivity (Wildman–Crippen MR) is 327 cm³/mol. The van der Waals surface area contributed by atoms with Crippen molar-refractivity contribution in [1.29, 1.82) is 0 Å². The highest BCUT2D eigenvalue weighted by molar-refractivity contribution is 5.76. The molecule has 0 aliphatic rings. The summed E-state index contributed by atoms with van der Waals surface area (Å²) in [5.41, 5.74) is 0. The number of allylic oxidation sites excluding steroid dienone is 11. The molecule has 2 unspecified atom stereocenters. The lowest BCUT2D eigenvalue weighted by Crippen LogP contribution is -2.45. The lowest BCUT2D eigenvalue weighted by Gasteiger charge is -2.19. The number of hydrogen-bond donors (Lipinski definition) is 3. The van der Waals surface area contributed by atoms with Crippen molar-refractivity contribution in [3.63, 3.8) is 0 Å². The van der Waals surface area contributed by atoms with Gasteiger partial charge in [0.15, 0.2) is 0 Å². The minimum Gasteiger partial charge on any atom is -0.394 e. The monoisotopic (exact) mass is 1020 g/mol. The van der Waals surface area contributed by atoms with E-state index < -0.39 is 12.1 Å². The van der Waals surface area contributed by atoms with Crippen LogP contribution >= 0.6 is 0 Å². The molecule has 0 aromatic heterocycles. The van der Waals surface area contributed by atoms with Gasteiger partial charge in [-0.3, -0.25) is 4.79 Å². The molecule has 0 spiro atoms. The van der Waals surface area contributed by atoms with Gasteiger partial charge in [0.2, 0.25) is 5.91 Å². The van der Waals surface area contributed by atoms with Gasteiger partial charge in [0.1, 0.15) is 0 Å². The summed E-state index contributed by atoms with van der Waals surface area (Å²) in [4.78, 5) is 12.5. The highest BCUT2D eigenvalue weighted by Gasteiger charge is 2.18. The van der Waals surface area contributed by atoms with Gasteiger partial charge >= 0.3 is 0 Å². The van der Waals surface area contributed by atoms with Crippen LogP contribution in [0.15, 0.2) is 72.9 Å². The molecule has 4 nitrogen and oxygen atoms in total. The van der Waals surface area contributed by atoms with E-state index in [9.17, 15) is 15.0 Å². The normalized spacial score (nSPS) is 13.2. The van der Waals surface area contributed by atoms with Crippen LogP contribution in [0.2, 0.25) is 0 Å². The number of unbranched alkanes of at least 4 members (excludes halogenated alkanes) is 43. The van der Waals surface area contributed by atoms with E-state index in [1.165, 1.54) is 270 Å². The number of aliphatic hydroxyl groups excluding tert-OH is 2. The van der Waals surface area contributed by atoms with Crippen LogP contribution in [0.1, 0.15) is 341 Å². The summed E-state index contributed by atoms with van der Waals surface area (Å²) in [6, 6.07) is -0.649. The van der Waals surface area contributed by atoms with Crippen molar-refractivity contribution in [2.45, 2.75) is 353 Å². The van der Waals surface area contributed by atoms with Crippen LogP contribution in [-0.2, 0) is 4.79 Å². The maximum absolute atomic E-state index is 12.5. The average molecular weight is 1020 g/mol. The van der Waals surface area contributed by atoms with Crippen molar-refractivity contribution in [2.75, 3.05) is 6.61 Å². The predicted octanol–water partition coefficient (Wildman–Crippen LogP) is 22.1. The molecule has 426 valence electrons. The third-order valence-electron chi connectivity index (χ3n) is 14.9. The number of nitrogens with one attached hydrogen (secondary N) is 1. The van der Waals surface area contributed by atoms with Crippen molar-refractivity contribution >= 4 is 5.91 Å². The lowest BCUT2D eigenvalue weighted by molar-refractivity contribution is -0.123. The third kappa shape index (κ3) is 60.6. The van der Waals surface area contributed by atoms with Crippen LogP contribution in [0, 0.1) is 0 Å². The van der Waals surface area contributed by atoms with Gasteiger partial charge in [-0.15, -0.1) is 0 Å². The molecule has 73 heavy (non-hydrogen) atoms. The number of carbonyl (C=O) groups excluding carboxylic acids is 1. The zero-order valence-corrected chi connectivity index (χ0v) is 49.2. The van der Waals surface area contributed by atoms with Gasteiger partial charge < -0.3 is 15.5 Å². The summed E-state index contributed by atoms with van der Waals surface area (Å²) in [7, 11) is 0. The number of hydrogen-bond acceptors (Lipinski definition) is 3. The van der Waals surface area contributed by atoms with E-state index in [0.29, 0.717) is 6.42 Å². The number of aliphatic hydroxyl groups is 2. The molecule has 0 saturated carbocycles. The second-order valence-electron chi connectivity index (χ2n) is 22.2. The van der Waals surface area contributed by atoms with E-state index >= 15 is 0 Å². The van der Waals surface area contributed by atoms with Crippen LogP contribution in [0.4, 0.5) is 0 Å². The first-order chi connectivity index (χ1) is 36.2. The van der Waals surface area contributed by atoms with Gasteiger partial charge in [-0.2, -0.15) is 0 Å². The zero-order chi connectivity index (χ0) is 52.7. The van der Waals surface area contributed by atoms with Crippen molar-refractivity contribution in [3.8, 4) is 0 Å². The molecule has 0 rings (SSSR count). The molecule has 0 aromatic carbocycles. The largest absolute Gasteiger partial charge is 0.394 e. The molecule has 0 aromatic rings. The van der Waals surface area contributed by atoms with Gasteiger partial charge in [0.05, 0.1) is 18.8 Å². The van der Waals surface area contributed by atoms with E-state index in [1.807, 2.05) is 6.08 Å². The topological polar surface area (TPSA) is 69.6 Å². The molecule has 1 amide bonds. The summed E-state index contributed by atoms with van der Waals surface area (Å²) in [6.45, 7) is 4.31. The van der Waals surface area contributed by atoms with Crippen molar-refractivity contribution in [2.24, 2.45) is 0 Å². The van der Waals surface area contributed by atoms with Crippen LogP contribution in [-0.4, -0.2) is 34.9 Å². The SMILES string of the molecule is CCCCCCC/C=C\C/C=C\C/C=C\CCCCCCCCCCCCCCCCCCCCC(=O)NC(CO)C(O)/C=C/CC/C=C/CC/C=C/CCCCCCCCCCCCCCCCCCCC. The summed E-state index contributed by atoms with van der Waals surface area (Å²) in [5, 5.41) is 23.2. The van der Waals surface area contributed by atoms with Crippen molar-refractivity contribution < 1.29 is 15.0 Å². The van der Waals surface area contributed by atoms with Gasteiger partial charge in [0, 0.05) is 6.42 Å². The van der Waals surface area contributed by atoms with E-state index in [-0.39, 0.29) is 12.5 Å². The standard InChI is InChI=1S/C69H127NO3/c1-3-5-7-9-11-13-15-17-19-21-23-25-27-29-31-33-34-35-36-37-39-41-43-45-47-49-51-53-55-57-59-61-63-65-69(73)70-67(66-71)68(72)64-62-60-58-56-54-52-50-48-46-44-42-40-38-32-30-28-26-24-22-20-18-16-14-12-10-8-6-4-2/h15,17,21,23,27,29,46,48,54,56,62,64,67-68,71-72H,3-14,16,18-20,22,24-26,28,30-45,47,49-53,55,57-61,63,65-66H2,1-2H3,(H,70,73)/b17-15-,23-21-,29-27-,48-46+,56-54+,64-62+. The average Bonchev–Trinajstić information content (AvgIpc) is 3.40. The molecule has 0 bridgehead atoms. The first kappa shape index (κ1) is 70.8. The molecule has 0 radical (unpaired) electrons. The Morgan fingerprint density at radius 1 is 0.329 bits per heavy atom. The Morgan fingerprint density at radius 2 is 0.575 bits per heavy atom. The Labute approximate surface area is 457 Å². The van der Waals surface area contributed by atoms with E-state index in [2.05, 4.69) is 79.9 Å². The second-order valence-corrected chi connectivity index (χ2v) is 22.2. The molecule has 0 aliphatic heterocycles. The van der Waals surface area contributed by atoms with Gasteiger partial charge in [-0.25, -0.2) is 0 Å². The first-order valence-electron chi connectivity index (χ1n) is 32.7. The molecule has 3 N–H and O–H groups in total. The van der Waals surface area contributed by atoms with Crippen molar-refractivity contribution in [3.05, 3.63) is 72.9 Å². The third-order valence-corrected chi connectivity index (χ3v) is 14.9. The van der Waals surface area contributed by atoms with Gasteiger partial charge in [-0.05, 0) is 83.5 Å². The quantitative estimate of drug-likeness (QED) is 0.0420. The maximum atomic E-state index is 12.5. The minimum atomic E-state index is -0.874. The Morgan fingerprint density at radius 3 is 0.890 bits per heavy atom. The van der Waals surface area contributed by atoms with E-state index in [4.69, 9.17) is 0 Å². The molecule has 2 atom stereocenters. The molecule has 0 fully saturated rings. The molecule has 0 aliphatic carbocycles. The summed E-state index contributed by atoms with van der Waals surface area (Å²) in [6.07, 6.45) is 92.5. The van der Waals surface area contributed by atoms with Crippen LogP contribution in [0.3, 0.4) is 0 Å². The molecule has 0 heterocycles. The highest BCUT2D eigenvalue weighted by Crippen LogP contribution is 2.17. The Balaban J connectivity index is 3.52. The maximum Gasteiger partial charge on any atom is 0.220 e. The zero-order valence-electron chi connectivity index (χ0n) is 49.2. The fourth-order valence-electron chi connectivity index (χ4n) is 9.93. The van der Waals surface area contributed by atoms with E-state index in [0.717, 1.165) is 51.4 Å². The molecule has 4 heteroatoms. The summed E-state index contributed by atoms with van der Waals surface area (Å²) < 4.78 is 0. The second kappa shape index (κ2) is 64.1. The van der Waals surface area contributed by atoms with Gasteiger partial charge in [0.25, 0.3) is 0 Å². The van der Waals surface area contributed by atoms with Crippen molar-refractivity contribution in [1.82, 2.24) is 5.32 Å². The lowest BCUT2D eigenvalue weighted by atomic mass is 10.0. The van der Waals surface area contributed by atoms with Gasteiger partial charge in [-0.1, -0.05) is 324 Å². The number of carbonyl (C=O) groups is 1. The fraction of sp³-hybridized carbons (Fsp3) is 0.812. The fourth-order valence-corrected chi connectivity index (χ4v) is 9.93. The Bertz CT molecular complexity index is 1250. The van der Waals surface area contributed by atoms with Crippen LogP contribution < -0.4 is 5.32 Å². The Hall–Kier alpha value is -2.17. The molecular formula is C69H127NO3. The highest BCUT2D eigenvalue weighted by atomic mass is 16.3. The summed E-state index contributed by atoms with van der Waals surface area (Å²) >= 11 is 0. The smallest absolute Gasteiger partial charge is 0.220 e. The van der Waals surface area contributed by atoms with E-state index in [1.54, 1.807) is 6.08 Å². The molecular weight excluding hydrogens is 891 g/mol. The molecule has 0 saturated heterocycles. The Kier molecular flexibility index (Phi) is 62.2. The van der Waals surface area contributed by atoms with Crippen LogP contribution in [0.25, 0.3) is 0 Å². The first-order valence-corrected chi connectivity index (χ1v) is 32.7.